The summed E-state index contributed by atoms with van der Waals surface area (Å²) in [5.41, 5.74) is 1.01. The molecule has 1 aliphatic rings. The van der Waals surface area contributed by atoms with Crippen molar-refractivity contribution in [2.45, 2.75) is 6.10 Å². The van der Waals surface area contributed by atoms with Crippen LogP contribution in [0.15, 0.2) is 54.6 Å². The molecule has 1 heterocycles. The molecule has 114 valence electrons. The molecule has 5 heteroatoms. The van der Waals surface area contributed by atoms with E-state index in [1.54, 1.807) is 24.3 Å². The van der Waals surface area contributed by atoms with Crippen LogP contribution in [0.1, 0.15) is 0 Å². The number of cyclic esters (lactones) is 1. The van der Waals surface area contributed by atoms with Crippen molar-refractivity contribution in [2.24, 2.45) is 0 Å². The largest absolute Gasteiger partial charge is 0.490 e. The number of para-hydroxylation sites is 1. The van der Waals surface area contributed by atoms with E-state index < -0.39 is 0 Å². The second-order valence-electron chi connectivity index (χ2n) is 5.09. The Morgan fingerprint density at radius 3 is 2.59 bits per heavy atom. The van der Waals surface area contributed by atoms with Gasteiger partial charge in [0, 0.05) is 10.7 Å². The number of carbonyl (C=O) groups is 1. The Labute approximate surface area is 134 Å². The SMILES string of the molecule is O=C1CN(c2ccccc2)CC(COc2ccc(Cl)cc2)O1. The quantitative estimate of drug-likeness (QED) is 0.812. The monoisotopic (exact) mass is 317 g/mol. The van der Waals surface area contributed by atoms with E-state index in [4.69, 9.17) is 21.1 Å². The summed E-state index contributed by atoms with van der Waals surface area (Å²) in [6, 6.07) is 16.9. The first-order valence-electron chi connectivity index (χ1n) is 7.08. The lowest BCUT2D eigenvalue weighted by Gasteiger charge is -2.33. The highest BCUT2D eigenvalue weighted by Crippen LogP contribution is 2.19. The molecule has 4 nitrogen and oxygen atoms in total. The molecule has 1 fully saturated rings. The standard InChI is InChI=1S/C17H16ClNO3/c18-13-6-8-15(9-7-13)21-12-16-10-19(11-17(20)22-16)14-4-2-1-3-5-14/h1-9,16H,10-12H2. The summed E-state index contributed by atoms with van der Waals surface area (Å²) >= 11 is 5.84. The summed E-state index contributed by atoms with van der Waals surface area (Å²) in [6.45, 7) is 1.20. The molecule has 0 amide bonds. The Morgan fingerprint density at radius 2 is 1.86 bits per heavy atom. The average molecular weight is 318 g/mol. The van der Waals surface area contributed by atoms with Crippen molar-refractivity contribution in [1.29, 1.82) is 0 Å². The number of hydrogen-bond donors (Lipinski definition) is 0. The van der Waals surface area contributed by atoms with Crippen molar-refractivity contribution in [3.63, 3.8) is 0 Å². The number of rotatable bonds is 4. The fourth-order valence-corrected chi connectivity index (χ4v) is 2.49. The lowest BCUT2D eigenvalue weighted by molar-refractivity contribution is -0.151. The van der Waals surface area contributed by atoms with Crippen molar-refractivity contribution < 1.29 is 14.3 Å². The Bertz CT molecular complexity index is 630. The van der Waals surface area contributed by atoms with Gasteiger partial charge >= 0.3 is 5.97 Å². The summed E-state index contributed by atoms with van der Waals surface area (Å²) < 4.78 is 11.0. The lowest BCUT2D eigenvalue weighted by Crippen LogP contribution is -2.47. The number of halogens is 1. The van der Waals surface area contributed by atoms with E-state index in [-0.39, 0.29) is 18.6 Å². The van der Waals surface area contributed by atoms with Crippen molar-refractivity contribution >= 4 is 23.3 Å². The predicted octanol–water partition coefficient (Wildman–Crippen LogP) is 3.15. The van der Waals surface area contributed by atoms with Gasteiger partial charge in [-0.2, -0.15) is 0 Å². The van der Waals surface area contributed by atoms with Gasteiger partial charge in [-0.3, -0.25) is 4.79 Å². The predicted molar refractivity (Wildman–Crippen MR) is 85.5 cm³/mol. The summed E-state index contributed by atoms with van der Waals surface area (Å²) in [5, 5.41) is 0.659. The minimum Gasteiger partial charge on any atom is -0.490 e. The number of carbonyl (C=O) groups excluding carboxylic acids is 1. The first kappa shape index (κ1) is 14.7. The number of nitrogens with zero attached hydrogens (tertiary/aromatic N) is 1. The fraction of sp³-hybridized carbons (Fsp3) is 0.235. The number of benzene rings is 2. The van der Waals surface area contributed by atoms with Crippen LogP contribution in [0.2, 0.25) is 5.02 Å². The van der Waals surface area contributed by atoms with Gasteiger partial charge in [-0.05, 0) is 36.4 Å². The van der Waals surface area contributed by atoms with Crippen LogP contribution < -0.4 is 9.64 Å². The molecule has 0 saturated carbocycles. The minimum atomic E-state index is -0.294. The molecular weight excluding hydrogens is 302 g/mol. The van der Waals surface area contributed by atoms with E-state index in [1.165, 1.54) is 0 Å². The molecule has 2 aromatic carbocycles. The Hall–Kier alpha value is -2.20. The molecule has 0 radical (unpaired) electrons. The van der Waals surface area contributed by atoms with Gasteiger partial charge in [0.25, 0.3) is 0 Å². The average Bonchev–Trinajstić information content (AvgIpc) is 2.55. The van der Waals surface area contributed by atoms with Crippen molar-refractivity contribution in [3.05, 3.63) is 59.6 Å². The minimum absolute atomic E-state index is 0.236. The molecule has 3 rings (SSSR count). The number of morpholine rings is 1. The maximum atomic E-state index is 11.8. The third-order valence-corrected chi connectivity index (χ3v) is 3.66. The summed E-state index contributed by atoms with van der Waals surface area (Å²) in [5.74, 6) is 0.470. The van der Waals surface area contributed by atoms with E-state index in [1.807, 2.05) is 35.2 Å². The topological polar surface area (TPSA) is 38.8 Å². The molecule has 0 aliphatic carbocycles. The Kier molecular flexibility index (Phi) is 4.49. The van der Waals surface area contributed by atoms with Gasteiger partial charge in [-0.15, -0.1) is 0 Å². The second kappa shape index (κ2) is 6.71. The number of ether oxygens (including phenoxy) is 2. The van der Waals surface area contributed by atoms with Crippen LogP contribution in [0.4, 0.5) is 5.69 Å². The maximum absolute atomic E-state index is 11.8. The van der Waals surface area contributed by atoms with Crippen LogP contribution in [0.5, 0.6) is 5.75 Å². The number of anilines is 1. The van der Waals surface area contributed by atoms with Gasteiger partial charge in [-0.1, -0.05) is 29.8 Å². The third kappa shape index (κ3) is 3.71. The van der Waals surface area contributed by atoms with Crippen LogP contribution >= 0.6 is 11.6 Å². The van der Waals surface area contributed by atoms with E-state index in [2.05, 4.69) is 0 Å². The van der Waals surface area contributed by atoms with Crippen LogP contribution in [0.25, 0.3) is 0 Å². The molecule has 22 heavy (non-hydrogen) atoms. The van der Waals surface area contributed by atoms with Crippen LogP contribution in [-0.4, -0.2) is 31.8 Å². The Balaban J connectivity index is 1.61. The van der Waals surface area contributed by atoms with Crippen molar-refractivity contribution in [1.82, 2.24) is 0 Å². The van der Waals surface area contributed by atoms with Gasteiger partial charge in [0.15, 0.2) is 6.10 Å². The smallest absolute Gasteiger partial charge is 0.326 e. The molecule has 1 saturated heterocycles. The molecule has 2 aromatic rings. The lowest BCUT2D eigenvalue weighted by atomic mass is 10.2. The third-order valence-electron chi connectivity index (χ3n) is 3.41. The summed E-state index contributed by atoms with van der Waals surface area (Å²) in [6.07, 6.45) is -0.294. The van der Waals surface area contributed by atoms with Crippen LogP contribution in [0.3, 0.4) is 0 Å². The Morgan fingerprint density at radius 1 is 1.14 bits per heavy atom. The first-order chi connectivity index (χ1) is 10.7. The molecule has 1 atom stereocenters. The highest BCUT2D eigenvalue weighted by Gasteiger charge is 2.27. The van der Waals surface area contributed by atoms with Gasteiger partial charge in [0.05, 0.1) is 6.54 Å². The zero-order chi connectivity index (χ0) is 15.4. The van der Waals surface area contributed by atoms with E-state index in [0.717, 1.165) is 5.69 Å². The highest BCUT2D eigenvalue weighted by atomic mass is 35.5. The van der Waals surface area contributed by atoms with Crippen LogP contribution in [-0.2, 0) is 9.53 Å². The van der Waals surface area contributed by atoms with E-state index >= 15 is 0 Å². The molecular formula is C17H16ClNO3. The molecule has 0 aromatic heterocycles. The fourth-order valence-electron chi connectivity index (χ4n) is 2.37. The maximum Gasteiger partial charge on any atom is 0.326 e. The molecule has 0 spiro atoms. The molecule has 1 unspecified atom stereocenters. The molecule has 0 bridgehead atoms. The van der Waals surface area contributed by atoms with E-state index in [9.17, 15) is 4.79 Å². The number of hydrogen-bond acceptors (Lipinski definition) is 4. The zero-order valence-corrected chi connectivity index (χ0v) is 12.7. The van der Waals surface area contributed by atoms with E-state index in [0.29, 0.717) is 23.9 Å². The van der Waals surface area contributed by atoms with Gasteiger partial charge in [0.2, 0.25) is 0 Å². The zero-order valence-electron chi connectivity index (χ0n) is 11.9. The molecule has 0 N–H and O–H groups in total. The molecule has 1 aliphatic heterocycles. The summed E-state index contributed by atoms with van der Waals surface area (Å²) in [4.78, 5) is 13.8. The summed E-state index contributed by atoms with van der Waals surface area (Å²) in [7, 11) is 0. The highest BCUT2D eigenvalue weighted by molar-refractivity contribution is 6.30. The normalized spacial score (nSPS) is 18.0. The van der Waals surface area contributed by atoms with Gasteiger partial charge < -0.3 is 14.4 Å². The second-order valence-corrected chi connectivity index (χ2v) is 5.53. The van der Waals surface area contributed by atoms with Gasteiger partial charge in [-0.25, -0.2) is 0 Å². The van der Waals surface area contributed by atoms with Gasteiger partial charge in [0.1, 0.15) is 18.9 Å². The van der Waals surface area contributed by atoms with Crippen molar-refractivity contribution in [3.8, 4) is 5.75 Å². The van der Waals surface area contributed by atoms with Crippen LogP contribution in [0, 0.1) is 0 Å². The first-order valence-corrected chi connectivity index (χ1v) is 7.46. The van der Waals surface area contributed by atoms with Crippen molar-refractivity contribution in [2.75, 3.05) is 24.6 Å². The number of esters is 1.